The van der Waals surface area contributed by atoms with Crippen LogP contribution in [0.15, 0.2) is 42.5 Å². The van der Waals surface area contributed by atoms with Gasteiger partial charge in [0.1, 0.15) is 23.2 Å². The fourth-order valence-electron chi connectivity index (χ4n) is 4.04. The quantitative estimate of drug-likeness (QED) is 0.408. The van der Waals surface area contributed by atoms with Crippen LogP contribution in [0.1, 0.15) is 21.5 Å². The molecule has 4 aromatic rings. The third-order valence-electron chi connectivity index (χ3n) is 5.32. The van der Waals surface area contributed by atoms with Crippen molar-refractivity contribution < 1.29 is 9.90 Å². The predicted molar refractivity (Wildman–Crippen MR) is 110 cm³/mol. The minimum absolute atomic E-state index is 0.0405. The number of carbonyl (C=O) groups is 1. The van der Waals surface area contributed by atoms with Gasteiger partial charge in [-0.25, -0.2) is 4.98 Å². The number of aromatic hydroxyl groups is 1. The molecule has 0 spiro atoms. The Kier molecular flexibility index (Phi) is 3.25. The third kappa shape index (κ3) is 2.05. The maximum atomic E-state index is 13.2. The Morgan fingerprint density at radius 3 is 2.52 bits per heavy atom. The highest BCUT2D eigenvalue weighted by Gasteiger charge is 2.35. The van der Waals surface area contributed by atoms with Gasteiger partial charge in [-0.2, -0.15) is 5.26 Å². The zero-order chi connectivity index (χ0) is 20.4. The lowest BCUT2D eigenvalue weighted by Crippen LogP contribution is -2.09. The van der Waals surface area contributed by atoms with Crippen LogP contribution in [-0.4, -0.2) is 20.6 Å². The standard InChI is InChI=1S/C22H15N5O2/c1-10-6-7-13(15(28)8-10)16-17-18(24)14(9-23)20(25)26-21(17)27-19(16)11-4-2-3-5-12(11)22(27)29/h2-8,28H,1H3,(H4,24,25,26). The van der Waals surface area contributed by atoms with E-state index in [1.807, 2.05) is 31.2 Å². The molecule has 2 aromatic carbocycles. The Morgan fingerprint density at radius 2 is 1.83 bits per heavy atom. The van der Waals surface area contributed by atoms with Crippen molar-refractivity contribution in [2.24, 2.45) is 0 Å². The number of aromatic nitrogens is 2. The number of benzene rings is 2. The number of phenols is 1. The van der Waals surface area contributed by atoms with Crippen LogP contribution in [-0.2, 0) is 0 Å². The molecule has 1 aliphatic rings. The van der Waals surface area contributed by atoms with Gasteiger partial charge in [-0.05, 0) is 24.6 Å². The van der Waals surface area contributed by atoms with Crippen LogP contribution in [0, 0.1) is 18.3 Å². The minimum Gasteiger partial charge on any atom is -0.507 e. The second-order valence-electron chi connectivity index (χ2n) is 7.03. The van der Waals surface area contributed by atoms with Crippen LogP contribution < -0.4 is 11.5 Å². The summed E-state index contributed by atoms with van der Waals surface area (Å²) in [7, 11) is 0. The summed E-state index contributed by atoms with van der Waals surface area (Å²) < 4.78 is 1.46. The number of fused-ring (bicyclic) bond motifs is 5. The van der Waals surface area contributed by atoms with Crippen molar-refractivity contribution in [3.8, 4) is 34.2 Å². The summed E-state index contributed by atoms with van der Waals surface area (Å²) in [6.45, 7) is 1.87. The Labute approximate surface area is 165 Å². The monoisotopic (exact) mass is 381 g/mol. The fraction of sp³-hybridized carbons (Fsp3) is 0.0455. The number of hydrogen-bond donors (Lipinski definition) is 3. The molecule has 7 nitrogen and oxygen atoms in total. The number of phenolic OH excluding ortho intramolecular Hbond substituents is 1. The number of carbonyl (C=O) groups excluding carboxylic acids is 1. The smallest absolute Gasteiger partial charge is 0.264 e. The number of aryl methyl sites for hydroxylation is 1. The van der Waals surface area contributed by atoms with Gasteiger partial charge in [0.15, 0.2) is 5.65 Å². The van der Waals surface area contributed by atoms with E-state index in [0.717, 1.165) is 5.56 Å². The summed E-state index contributed by atoms with van der Waals surface area (Å²) in [5.74, 6) is -0.248. The van der Waals surface area contributed by atoms with Gasteiger partial charge in [-0.1, -0.05) is 30.3 Å². The Bertz CT molecular complexity index is 1430. The van der Waals surface area contributed by atoms with E-state index < -0.39 is 0 Å². The van der Waals surface area contributed by atoms with E-state index in [2.05, 4.69) is 4.98 Å². The molecule has 0 radical (unpaired) electrons. The number of nitrogens with two attached hydrogens (primary N) is 2. The Hall–Kier alpha value is -4.31. The molecule has 0 saturated carbocycles. The fourth-order valence-corrected chi connectivity index (χ4v) is 4.04. The number of pyridine rings is 1. The van der Waals surface area contributed by atoms with Gasteiger partial charge in [0, 0.05) is 22.3 Å². The number of nitrogens with zero attached hydrogens (tertiary/aromatic N) is 3. The SMILES string of the molecule is Cc1ccc(-c2c3n(c4nc(N)c(C#N)c(N)c24)C(=O)c2ccccc2-3)c(O)c1. The Balaban J connectivity index is 2.05. The molecular formula is C22H15N5O2. The first-order valence-electron chi connectivity index (χ1n) is 8.91. The number of hydrogen-bond acceptors (Lipinski definition) is 6. The van der Waals surface area contributed by atoms with Gasteiger partial charge in [0.05, 0.1) is 16.8 Å². The van der Waals surface area contributed by atoms with Gasteiger partial charge < -0.3 is 16.6 Å². The van der Waals surface area contributed by atoms with E-state index in [0.29, 0.717) is 33.3 Å². The molecule has 1 aliphatic heterocycles. The van der Waals surface area contributed by atoms with E-state index in [9.17, 15) is 15.2 Å². The van der Waals surface area contributed by atoms with Crippen LogP contribution in [0.2, 0.25) is 0 Å². The maximum absolute atomic E-state index is 13.2. The summed E-state index contributed by atoms with van der Waals surface area (Å²) in [4.78, 5) is 17.5. The zero-order valence-electron chi connectivity index (χ0n) is 15.4. The molecular weight excluding hydrogens is 366 g/mol. The van der Waals surface area contributed by atoms with Gasteiger partial charge in [-0.15, -0.1) is 0 Å². The number of nitriles is 1. The highest BCUT2D eigenvalue weighted by molar-refractivity contribution is 6.22. The molecule has 0 bridgehead atoms. The second-order valence-corrected chi connectivity index (χ2v) is 7.03. The average molecular weight is 381 g/mol. The first-order valence-corrected chi connectivity index (χ1v) is 8.91. The van der Waals surface area contributed by atoms with E-state index >= 15 is 0 Å². The molecule has 2 aromatic heterocycles. The molecule has 5 N–H and O–H groups in total. The van der Waals surface area contributed by atoms with Gasteiger partial charge >= 0.3 is 0 Å². The summed E-state index contributed by atoms with van der Waals surface area (Å²) in [6.07, 6.45) is 0. The zero-order valence-corrected chi connectivity index (χ0v) is 15.4. The molecule has 140 valence electrons. The van der Waals surface area contributed by atoms with E-state index in [1.54, 1.807) is 24.3 Å². The molecule has 0 saturated heterocycles. The summed E-state index contributed by atoms with van der Waals surface area (Å²) in [5, 5.41) is 20.6. The predicted octanol–water partition coefficient (Wildman–Crippen LogP) is 3.42. The van der Waals surface area contributed by atoms with E-state index in [1.165, 1.54) is 4.57 Å². The van der Waals surface area contributed by atoms with Crippen LogP contribution in [0.25, 0.3) is 33.4 Å². The summed E-state index contributed by atoms with van der Waals surface area (Å²) in [6, 6.07) is 14.5. The van der Waals surface area contributed by atoms with Crippen LogP contribution in [0.5, 0.6) is 5.75 Å². The third-order valence-corrected chi connectivity index (χ3v) is 5.32. The molecule has 3 heterocycles. The van der Waals surface area contributed by atoms with Crippen molar-refractivity contribution >= 4 is 28.4 Å². The van der Waals surface area contributed by atoms with Crippen molar-refractivity contribution in [1.29, 1.82) is 5.26 Å². The highest BCUT2D eigenvalue weighted by Crippen LogP contribution is 2.50. The van der Waals surface area contributed by atoms with Crippen LogP contribution >= 0.6 is 0 Å². The molecule has 0 fully saturated rings. The second kappa shape index (κ2) is 5.59. The lowest BCUT2D eigenvalue weighted by atomic mass is 9.95. The normalized spacial score (nSPS) is 12.1. The van der Waals surface area contributed by atoms with Gasteiger partial charge in [0.2, 0.25) is 0 Å². The van der Waals surface area contributed by atoms with Crippen molar-refractivity contribution in [3.05, 3.63) is 59.2 Å². The highest BCUT2D eigenvalue weighted by atomic mass is 16.3. The Morgan fingerprint density at radius 1 is 1.10 bits per heavy atom. The summed E-state index contributed by atoms with van der Waals surface area (Å²) in [5.41, 5.74) is 16.5. The van der Waals surface area contributed by atoms with Crippen molar-refractivity contribution in [3.63, 3.8) is 0 Å². The van der Waals surface area contributed by atoms with Crippen LogP contribution in [0.3, 0.4) is 0 Å². The largest absolute Gasteiger partial charge is 0.507 e. The molecule has 0 unspecified atom stereocenters. The average Bonchev–Trinajstić information content (AvgIpc) is 3.17. The molecule has 7 heteroatoms. The molecule has 0 atom stereocenters. The minimum atomic E-state index is -0.255. The first kappa shape index (κ1) is 16.8. The van der Waals surface area contributed by atoms with E-state index in [4.69, 9.17) is 11.5 Å². The number of rotatable bonds is 1. The molecule has 0 amide bonds. The lowest BCUT2D eigenvalue weighted by molar-refractivity contribution is 0.0973. The molecule has 5 rings (SSSR count). The van der Waals surface area contributed by atoms with Crippen molar-refractivity contribution in [2.75, 3.05) is 11.5 Å². The lowest BCUT2D eigenvalue weighted by Gasteiger charge is -2.10. The first-order chi connectivity index (χ1) is 13.9. The summed E-state index contributed by atoms with van der Waals surface area (Å²) >= 11 is 0. The number of nitrogen functional groups attached to an aromatic ring is 2. The van der Waals surface area contributed by atoms with Crippen LogP contribution in [0.4, 0.5) is 11.5 Å². The van der Waals surface area contributed by atoms with Crippen molar-refractivity contribution in [2.45, 2.75) is 6.92 Å². The van der Waals surface area contributed by atoms with E-state index in [-0.39, 0.29) is 34.4 Å². The molecule has 29 heavy (non-hydrogen) atoms. The topological polar surface area (TPSA) is 131 Å². The van der Waals surface area contributed by atoms with Crippen molar-refractivity contribution in [1.82, 2.24) is 9.55 Å². The number of anilines is 2. The maximum Gasteiger partial charge on any atom is 0.264 e. The van der Waals surface area contributed by atoms with Gasteiger partial charge in [-0.3, -0.25) is 9.36 Å². The molecule has 0 aliphatic carbocycles. The van der Waals surface area contributed by atoms with Gasteiger partial charge in [0.25, 0.3) is 5.91 Å².